The van der Waals surface area contributed by atoms with Gasteiger partial charge in [-0.15, -0.1) is 0 Å². The highest BCUT2D eigenvalue weighted by molar-refractivity contribution is 5.83. The molecule has 2 aromatic rings. The molecule has 1 saturated heterocycles. The van der Waals surface area contributed by atoms with Crippen LogP contribution in [-0.2, 0) is 11.2 Å². The summed E-state index contributed by atoms with van der Waals surface area (Å²) in [5.74, 6) is 1.89. The largest absolute Gasteiger partial charge is 0.341 e. The molecule has 2 unspecified atom stereocenters. The molecule has 2 atom stereocenters. The maximum absolute atomic E-state index is 13.2. The summed E-state index contributed by atoms with van der Waals surface area (Å²) in [7, 11) is 3.91. The second kappa shape index (κ2) is 7.78. The van der Waals surface area contributed by atoms with E-state index >= 15 is 0 Å². The average molecular weight is 342 g/mol. The van der Waals surface area contributed by atoms with Crippen LogP contribution in [-0.4, -0.2) is 53.0 Å². The molecule has 1 fully saturated rings. The second-order valence-electron chi connectivity index (χ2n) is 7.00. The minimum atomic E-state index is -0.243. The van der Waals surface area contributed by atoms with Crippen molar-refractivity contribution < 1.29 is 9.32 Å². The number of amides is 1. The van der Waals surface area contributed by atoms with Crippen molar-refractivity contribution in [3.63, 3.8) is 0 Å². The maximum atomic E-state index is 13.2. The van der Waals surface area contributed by atoms with Gasteiger partial charge in [0.05, 0.1) is 0 Å². The minimum Gasteiger partial charge on any atom is -0.341 e. The van der Waals surface area contributed by atoms with Crippen LogP contribution in [0, 0.1) is 12.8 Å². The highest BCUT2D eigenvalue weighted by atomic mass is 16.5. The molecule has 134 valence electrons. The number of hydrogen-bond acceptors (Lipinski definition) is 5. The molecule has 25 heavy (non-hydrogen) atoms. The summed E-state index contributed by atoms with van der Waals surface area (Å²) in [4.78, 5) is 21.5. The standard InChI is InChI=1S/C19H26N4O2/c1-14-20-17(21-25-14)12-15-8-7-11-23(13-15)19(24)18(22(2)3)16-9-5-4-6-10-16/h4-6,9-10,15,18H,7-8,11-13H2,1-3H3. The zero-order chi connectivity index (χ0) is 17.8. The third kappa shape index (κ3) is 4.25. The third-order valence-corrected chi connectivity index (χ3v) is 4.74. The molecule has 1 aromatic heterocycles. The number of benzene rings is 1. The quantitative estimate of drug-likeness (QED) is 0.835. The molecule has 1 aliphatic rings. The smallest absolute Gasteiger partial charge is 0.244 e. The molecule has 0 saturated carbocycles. The topological polar surface area (TPSA) is 62.5 Å². The summed E-state index contributed by atoms with van der Waals surface area (Å²) in [6.07, 6.45) is 2.87. The zero-order valence-corrected chi connectivity index (χ0v) is 15.2. The van der Waals surface area contributed by atoms with Gasteiger partial charge in [-0.25, -0.2) is 0 Å². The van der Waals surface area contributed by atoms with Crippen LogP contribution in [0.3, 0.4) is 0 Å². The predicted octanol–water partition coefficient (Wildman–Crippen LogP) is 2.46. The summed E-state index contributed by atoms with van der Waals surface area (Å²) in [5, 5.41) is 3.99. The molecule has 0 bridgehead atoms. The first kappa shape index (κ1) is 17.6. The fraction of sp³-hybridized carbons (Fsp3) is 0.526. The first-order chi connectivity index (χ1) is 12.0. The number of likely N-dealkylation sites (N-methyl/N-ethyl adjacent to an activating group) is 1. The van der Waals surface area contributed by atoms with Crippen molar-refractivity contribution in [1.29, 1.82) is 0 Å². The highest BCUT2D eigenvalue weighted by Crippen LogP contribution is 2.26. The van der Waals surface area contributed by atoms with Crippen LogP contribution in [0.4, 0.5) is 0 Å². The Bertz CT molecular complexity index is 698. The van der Waals surface area contributed by atoms with Gasteiger partial charge in [-0.2, -0.15) is 4.98 Å². The zero-order valence-electron chi connectivity index (χ0n) is 15.2. The Labute approximate surface area is 148 Å². The number of carbonyl (C=O) groups excluding carboxylic acids is 1. The van der Waals surface area contributed by atoms with Crippen LogP contribution in [0.25, 0.3) is 0 Å². The fourth-order valence-corrected chi connectivity index (χ4v) is 3.58. The number of likely N-dealkylation sites (tertiary alicyclic amines) is 1. The number of rotatable bonds is 5. The van der Waals surface area contributed by atoms with Crippen LogP contribution in [0.2, 0.25) is 0 Å². The number of carbonyl (C=O) groups is 1. The average Bonchev–Trinajstić information content (AvgIpc) is 3.00. The van der Waals surface area contributed by atoms with Gasteiger partial charge in [0.2, 0.25) is 11.8 Å². The van der Waals surface area contributed by atoms with E-state index in [-0.39, 0.29) is 11.9 Å². The monoisotopic (exact) mass is 342 g/mol. The van der Waals surface area contributed by atoms with Crippen LogP contribution < -0.4 is 0 Å². The molecule has 3 rings (SSSR count). The van der Waals surface area contributed by atoms with Gasteiger partial charge in [0.25, 0.3) is 0 Å². The molecule has 0 N–H and O–H groups in total. The van der Waals surface area contributed by atoms with Crippen LogP contribution >= 0.6 is 0 Å². The Balaban J connectivity index is 1.69. The van der Waals surface area contributed by atoms with E-state index in [2.05, 4.69) is 10.1 Å². The Hall–Kier alpha value is -2.21. The van der Waals surface area contributed by atoms with E-state index in [9.17, 15) is 4.79 Å². The lowest BCUT2D eigenvalue weighted by molar-refractivity contribution is -0.138. The Morgan fingerprint density at radius 2 is 2.12 bits per heavy atom. The number of piperidine rings is 1. The highest BCUT2D eigenvalue weighted by Gasteiger charge is 2.31. The molecule has 6 nitrogen and oxygen atoms in total. The SMILES string of the molecule is Cc1nc(CC2CCCN(C(=O)C(c3ccccc3)N(C)C)C2)no1. The normalized spacial score (nSPS) is 19.2. The molecular formula is C19H26N4O2. The third-order valence-electron chi connectivity index (χ3n) is 4.74. The second-order valence-corrected chi connectivity index (χ2v) is 7.00. The first-order valence-corrected chi connectivity index (χ1v) is 8.84. The summed E-state index contributed by atoms with van der Waals surface area (Å²) in [5.41, 5.74) is 1.04. The molecule has 0 aliphatic carbocycles. The first-order valence-electron chi connectivity index (χ1n) is 8.84. The molecule has 1 aromatic carbocycles. The fourth-order valence-electron chi connectivity index (χ4n) is 3.58. The summed E-state index contributed by atoms with van der Waals surface area (Å²) < 4.78 is 5.06. The van der Waals surface area contributed by atoms with Crippen molar-refractivity contribution in [3.8, 4) is 0 Å². The Morgan fingerprint density at radius 1 is 1.36 bits per heavy atom. The predicted molar refractivity (Wildman–Crippen MR) is 94.9 cm³/mol. The van der Waals surface area contributed by atoms with Gasteiger partial charge >= 0.3 is 0 Å². The Morgan fingerprint density at radius 3 is 2.76 bits per heavy atom. The maximum Gasteiger partial charge on any atom is 0.244 e. The van der Waals surface area contributed by atoms with E-state index in [1.165, 1.54) is 0 Å². The molecule has 1 aliphatic heterocycles. The van der Waals surface area contributed by atoms with E-state index in [1.54, 1.807) is 6.92 Å². The van der Waals surface area contributed by atoms with Gasteiger partial charge < -0.3 is 9.42 Å². The van der Waals surface area contributed by atoms with E-state index in [4.69, 9.17) is 4.52 Å². The van der Waals surface area contributed by atoms with Crippen molar-refractivity contribution >= 4 is 5.91 Å². The summed E-state index contributed by atoms with van der Waals surface area (Å²) >= 11 is 0. The number of aryl methyl sites for hydroxylation is 1. The molecule has 2 heterocycles. The molecule has 1 amide bonds. The number of nitrogens with zero attached hydrogens (tertiary/aromatic N) is 4. The van der Waals surface area contributed by atoms with E-state index in [0.717, 1.165) is 43.7 Å². The van der Waals surface area contributed by atoms with Gasteiger partial charge in [-0.1, -0.05) is 35.5 Å². The minimum absolute atomic E-state index is 0.171. The summed E-state index contributed by atoms with van der Waals surface area (Å²) in [6, 6.07) is 9.74. The van der Waals surface area contributed by atoms with E-state index in [0.29, 0.717) is 11.8 Å². The van der Waals surface area contributed by atoms with E-state index in [1.807, 2.05) is 54.2 Å². The molecular weight excluding hydrogens is 316 g/mol. The van der Waals surface area contributed by atoms with Gasteiger partial charge in [-0.05, 0) is 38.4 Å². The van der Waals surface area contributed by atoms with Crippen LogP contribution in [0.1, 0.15) is 36.2 Å². The molecule has 0 spiro atoms. The van der Waals surface area contributed by atoms with Crippen LogP contribution in [0.5, 0.6) is 0 Å². The van der Waals surface area contributed by atoms with Crippen LogP contribution in [0.15, 0.2) is 34.9 Å². The van der Waals surface area contributed by atoms with Gasteiger partial charge in [0, 0.05) is 26.4 Å². The lowest BCUT2D eigenvalue weighted by Crippen LogP contribution is -2.45. The Kier molecular flexibility index (Phi) is 5.48. The molecule has 6 heteroatoms. The van der Waals surface area contributed by atoms with E-state index < -0.39 is 0 Å². The van der Waals surface area contributed by atoms with Crippen molar-refractivity contribution in [2.24, 2.45) is 5.92 Å². The van der Waals surface area contributed by atoms with Crippen molar-refractivity contribution in [2.75, 3.05) is 27.2 Å². The van der Waals surface area contributed by atoms with Crippen molar-refractivity contribution in [2.45, 2.75) is 32.2 Å². The lowest BCUT2D eigenvalue weighted by atomic mass is 9.93. The number of hydrogen-bond donors (Lipinski definition) is 0. The molecule has 0 radical (unpaired) electrons. The number of aromatic nitrogens is 2. The van der Waals surface area contributed by atoms with Gasteiger partial charge in [-0.3, -0.25) is 9.69 Å². The van der Waals surface area contributed by atoms with Gasteiger partial charge in [0.15, 0.2) is 5.82 Å². The summed E-state index contributed by atoms with van der Waals surface area (Å²) in [6.45, 7) is 3.37. The van der Waals surface area contributed by atoms with Gasteiger partial charge in [0.1, 0.15) is 6.04 Å². The van der Waals surface area contributed by atoms with Crippen molar-refractivity contribution in [3.05, 3.63) is 47.6 Å². The van der Waals surface area contributed by atoms with Crippen molar-refractivity contribution in [1.82, 2.24) is 19.9 Å². The lowest BCUT2D eigenvalue weighted by Gasteiger charge is -2.36.